The first-order valence-corrected chi connectivity index (χ1v) is 13.6. The second kappa shape index (κ2) is 9.88. The molecule has 4 nitrogen and oxygen atoms in total. The molecule has 0 saturated heterocycles. The highest BCUT2D eigenvalue weighted by Crippen LogP contribution is 2.63. The van der Waals surface area contributed by atoms with Crippen molar-refractivity contribution in [3.63, 3.8) is 0 Å². The van der Waals surface area contributed by atoms with Crippen LogP contribution < -0.4 is 5.32 Å². The number of amides is 1. The summed E-state index contributed by atoms with van der Waals surface area (Å²) in [6, 6.07) is -0.0970. The minimum Gasteiger partial charge on any atom is -0.350 e. The van der Waals surface area contributed by atoms with Gasteiger partial charge in [0.2, 0.25) is 5.91 Å². The second-order valence-corrected chi connectivity index (χ2v) is 11.6. The van der Waals surface area contributed by atoms with Gasteiger partial charge in [-0.1, -0.05) is 65.4 Å². The van der Waals surface area contributed by atoms with Gasteiger partial charge in [0, 0.05) is 23.7 Å². The van der Waals surface area contributed by atoms with E-state index in [1.54, 1.807) is 12.2 Å². The standard InChI is InChI=1S/C29H43NO3/c1-4-5-6-7-8-9-10-11-27(33)30-25-19-21-22-12-13-26(32)29(22,3)17-15-23(21)28(2)16-14-20(31)18-24(25)28/h14,16,18,21-23,25H,4-13,15,17,19H2,1-3H3,(H,30,33)/t21-,22-,23-,25-,28+,29-/m0/s1. The topological polar surface area (TPSA) is 63.2 Å². The van der Waals surface area contributed by atoms with Crippen molar-refractivity contribution in [3.05, 3.63) is 23.8 Å². The lowest BCUT2D eigenvalue weighted by Gasteiger charge is -2.57. The maximum atomic E-state index is 12.9. The van der Waals surface area contributed by atoms with E-state index in [2.05, 4.69) is 32.2 Å². The van der Waals surface area contributed by atoms with E-state index in [4.69, 9.17) is 0 Å². The summed E-state index contributed by atoms with van der Waals surface area (Å²) in [4.78, 5) is 38.0. The lowest BCUT2D eigenvalue weighted by Crippen LogP contribution is -2.56. The molecular weight excluding hydrogens is 410 g/mol. The molecule has 0 heterocycles. The van der Waals surface area contributed by atoms with Crippen LogP contribution in [0.2, 0.25) is 0 Å². The summed E-state index contributed by atoms with van der Waals surface area (Å²) in [5.41, 5.74) is 0.692. The quantitative estimate of drug-likeness (QED) is 0.429. The van der Waals surface area contributed by atoms with Crippen LogP contribution in [0, 0.1) is 28.6 Å². The van der Waals surface area contributed by atoms with Gasteiger partial charge in [-0.3, -0.25) is 14.4 Å². The van der Waals surface area contributed by atoms with Crippen molar-refractivity contribution in [2.24, 2.45) is 28.6 Å². The number of hydrogen-bond acceptors (Lipinski definition) is 3. The van der Waals surface area contributed by atoms with E-state index in [9.17, 15) is 14.4 Å². The SMILES string of the molecule is CCCCCCCCCC(=O)N[C@H]1C[C@@H]2[C@H](CC[C@]3(C)C(=O)CC[C@@H]23)[C@@]2(C)C=CC(=O)C=C12. The number of unbranched alkanes of at least 4 members (excludes halogenated alkanes) is 6. The molecule has 182 valence electrons. The molecule has 1 N–H and O–H groups in total. The predicted molar refractivity (Wildman–Crippen MR) is 132 cm³/mol. The Hall–Kier alpha value is -1.71. The number of allylic oxidation sites excluding steroid dienone is 3. The van der Waals surface area contributed by atoms with E-state index in [0.717, 1.165) is 44.1 Å². The van der Waals surface area contributed by atoms with Crippen molar-refractivity contribution in [2.45, 2.75) is 110 Å². The Labute approximate surface area is 200 Å². The van der Waals surface area contributed by atoms with Gasteiger partial charge < -0.3 is 5.32 Å². The first-order valence-electron chi connectivity index (χ1n) is 13.6. The van der Waals surface area contributed by atoms with Crippen LogP contribution in [0.1, 0.15) is 104 Å². The zero-order valence-corrected chi connectivity index (χ0v) is 21.0. The summed E-state index contributed by atoms with van der Waals surface area (Å²) in [6.45, 7) is 6.67. The lowest BCUT2D eigenvalue weighted by atomic mass is 9.47. The van der Waals surface area contributed by atoms with Gasteiger partial charge in [0.15, 0.2) is 5.78 Å². The molecule has 0 aromatic carbocycles. The van der Waals surface area contributed by atoms with Gasteiger partial charge in [-0.2, -0.15) is 0 Å². The van der Waals surface area contributed by atoms with Crippen molar-refractivity contribution in [3.8, 4) is 0 Å². The van der Waals surface area contributed by atoms with Crippen LogP contribution in [0.3, 0.4) is 0 Å². The normalized spacial score (nSPS) is 37.2. The van der Waals surface area contributed by atoms with Gasteiger partial charge in [0.05, 0.1) is 6.04 Å². The predicted octanol–water partition coefficient (Wildman–Crippen LogP) is 6.10. The van der Waals surface area contributed by atoms with E-state index in [1.807, 2.05) is 0 Å². The van der Waals surface area contributed by atoms with Crippen molar-refractivity contribution in [1.29, 1.82) is 0 Å². The molecule has 0 radical (unpaired) electrons. The van der Waals surface area contributed by atoms with Gasteiger partial charge in [-0.25, -0.2) is 0 Å². The zero-order valence-electron chi connectivity index (χ0n) is 21.0. The number of carbonyl (C=O) groups is 3. The smallest absolute Gasteiger partial charge is 0.220 e. The van der Waals surface area contributed by atoms with Crippen molar-refractivity contribution in [2.75, 3.05) is 0 Å². The number of rotatable bonds is 9. The van der Waals surface area contributed by atoms with Crippen LogP contribution >= 0.6 is 0 Å². The molecule has 0 aromatic rings. The molecule has 0 aliphatic heterocycles. The van der Waals surface area contributed by atoms with Crippen LogP contribution in [0.4, 0.5) is 0 Å². The maximum absolute atomic E-state index is 12.9. The average molecular weight is 454 g/mol. The van der Waals surface area contributed by atoms with E-state index < -0.39 is 0 Å². The van der Waals surface area contributed by atoms with Gasteiger partial charge >= 0.3 is 0 Å². The molecule has 0 unspecified atom stereocenters. The molecule has 4 heteroatoms. The molecule has 33 heavy (non-hydrogen) atoms. The molecule has 4 aliphatic carbocycles. The third-order valence-corrected chi connectivity index (χ3v) is 9.66. The summed E-state index contributed by atoms with van der Waals surface area (Å²) >= 11 is 0. The van der Waals surface area contributed by atoms with Crippen molar-refractivity contribution < 1.29 is 14.4 Å². The summed E-state index contributed by atoms with van der Waals surface area (Å²) in [5.74, 6) is 1.83. The first kappa shape index (κ1) is 24.4. The fourth-order valence-corrected chi connectivity index (χ4v) is 7.70. The summed E-state index contributed by atoms with van der Waals surface area (Å²) in [5, 5.41) is 3.33. The second-order valence-electron chi connectivity index (χ2n) is 11.6. The number of fused-ring (bicyclic) bond motifs is 5. The fraction of sp³-hybridized carbons (Fsp3) is 0.759. The first-order chi connectivity index (χ1) is 15.8. The molecular formula is C29H43NO3. The molecule has 0 spiro atoms. The maximum Gasteiger partial charge on any atom is 0.220 e. The Kier molecular flexibility index (Phi) is 7.31. The Morgan fingerprint density at radius 2 is 1.76 bits per heavy atom. The third-order valence-electron chi connectivity index (χ3n) is 9.66. The minimum absolute atomic E-state index is 0.0314. The molecule has 3 saturated carbocycles. The van der Waals surface area contributed by atoms with Crippen molar-refractivity contribution in [1.82, 2.24) is 5.32 Å². The van der Waals surface area contributed by atoms with Gasteiger partial charge in [-0.05, 0) is 67.6 Å². The highest BCUT2D eigenvalue weighted by Gasteiger charge is 2.60. The Morgan fingerprint density at radius 1 is 1.03 bits per heavy atom. The molecule has 6 atom stereocenters. The lowest BCUT2D eigenvalue weighted by molar-refractivity contribution is -0.132. The van der Waals surface area contributed by atoms with Crippen LogP contribution in [-0.4, -0.2) is 23.5 Å². The molecule has 3 fully saturated rings. The van der Waals surface area contributed by atoms with Gasteiger partial charge in [0.1, 0.15) is 5.78 Å². The molecule has 4 rings (SSSR count). The molecule has 0 bridgehead atoms. The van der Waals surface area contributed by atoms with Crippen LogP contribution in [0.15, 0.2) is 23.8 Å². The molecule has 4 aliphatic rings. The van der Waals surface area contributed by atoms with Crippen LogP contribution in [-0.2, 0) is 14.4 Å². The highest BCUT2D eigenvalue weighted by molar-refractivity contribution is 6.01. The number of ketones is 2. The number of carbonyl (C=O) groups excluding carboxylic acids is 3. The largest absolute Gasteiger partial charge is 0.350 e. The molecule has 0 aromatic heterocycles. The average Bonchev–Trinajstić information content (AvgIpc) is 3.09. The summed E-state index contributed by atoms with van der Waals surface area (Å²) in [6.07, 6.45) is 19.1. The van der Waals surface area contributed by atoms with E-state index in [-0.39, 0.29) is 28.6 Å². The van der Waals surface area contributed by atoms with Gasteiger partial charge in [-0.15, -0.1) is 0 Å². The Morgan fingerprint density at radius 3 is 2.52 bits per heavy atom. The number of hydrogen-bond donors (Lipinski definition) is 1. The van der Waals surface area contributed by atoms with Gasteiger partial charge in [0.25, 0.3) is 0 Å². The zero-order chi connectivity index (χ0) is 23.6. The summed E-state index contributed by atoms with van der Waals surface area (Å²) < 4.78 is 0. The third kappa shape index (κ3) is 4.64. The van der Waals surface area contributed by atoms with E-state index >= 15 is 0 Å². The number of Topliss-reactive ketones (excluding diaryl/α,β-unsaturated/α-hetero) is 1. The van der Waals surface area contributed by atoms with Crippen LogP contribution in [0.5, 0.6) is 0 Å². The Bertz CT molecular complexity index is 842. The number of nitrogens with one attached hydrogen (secondary N) is 1. The highest BCUT2D eigenvalue weighted by atomic mass is 16.2. The van der Waals surface area contributed by atoms with Crippen LogP contribution in [0.25, 0.3) is 0 Å². The summed E-state index contributed by atoms with van der Waals surface area (Å²) in [7, 11) is 0. The Balaban J connectivity index is 1.44. The minimum atomic E-state index is -0.207. The fourth-order valence-electron chi connectivity index (χ4n) is 7.70. The molecule has 1 amide bonds. The van der Waals surface area contributed by atoms with E-state index in [1.165, 1.54) is 32.1 Å². The van der Waals surface area contributed by atoms with E-state index in [0.29, 0.717) is 36.4 Å². The van der Waals surface area contributed by atoms with Crippen molar-refractivity contribution >= 4 is 17.5 Å². The monoisotopic (exact) mass is 453 g/mol.